The molecule has 1 N–H and O–H groups in total. The summed E-state index contributed by atoms with van der Waals surface area (Å²) in [7, 11) is 0. The normalized spacial score (nSPS) is 10.6. The molecule has 0 fully saturated rings. The molecule has 0 aliphatic rings. The van der Waals surface area contributed by atoms with Crippen LogP contribution in [0.4, 0.5) is 0 Å². The van der Waals surface area contributed by atoms with Crippen LogP contribution in [0.2, 0.25) is 0 Å². The lowest BCUT2D eigenvalue weighted by Crippen LogP contribution is -2.14. The van der Waals surface area contributed by atoms with Gasteiger partial charge >= 0.3 is 5.97 Å². The molecule has 102 valence electrons. The molecule has 1 aromatic rings. The van der Waals surface area contributed by atoms with Gasteiger partial charge in [-0.15, -0.1) is 0 Å². The summed E-state index contributed by atoms with van der Waals surface area (Å²) < 4.78 is 4.88. The minimum Gasteiger partial charge on any atom is -0.466 e. The monoisotopic (exact) mass is 269 g/mol. The molecule has 0 aromatic carbocycles. The summed E-state index contributed by atoms with van der Waals surface area (Å²) in [5.74, 6) is -0.0700. The quantitative estimate of drug-likeness (QED) is 0.552. The molecular formula is C14H23NO2S. The zero-order valence-electron chi connectivity index (χ0n) is 11.3. The number of rotatable bonds is 9. The first kappa shape index (κ1) is 15.2. The first-order valence-corrected chi connectivity index (χ1v) is 7.56. The molecule has 0 amide bonds. The second-order valence-corrected chi connectivity index (χ2v) is 5.12. The highest BCUT2D eigenvalue weighted by Crippen LogP contribution is 2.12. The van der Waals surface area contributed by atoms with Crippen LogP contribution in [0.5, 0.6) is 0 Å². The molecular weight excluding hydrogens is 246 g/mol. The van der Waals surface area contributed by atoms with E-state index in [1.54, 1.807) is 11.3 Å². The number of carbonyl (C=O) groups is 1. The highest BCUT2D eigenvalue weighted by atomic mass is 32.1. The second kappa shape index (κ2) is 9.11. The number of hydrogen-bond donors (Lipinski definition) is 1. The van der Waals surface area contributed by atoms with E-state index in [-0.39, 0.29) is 5.97 Å². The molecule has 0 saturated carbocycles. The van der Waals surface area contributed by atoms with Gasteiger partial charge in [-0.1, -0.05) is 6.42 Å². The largest absolute Gasteiger partial charge is 0.466 e. The van der Waals surface area contributed by atoms with E-state index in [1.165, 1.54) is 11.1 Å². The molecule has 0 aliphatic carbocycles. The molecule has 0 atom stereocenters. The number of hydrogen-bond acceptors (Lipinski definition) is 4. The van der Waals surface area contributed by atoms with Crippen molar-refractivity contribution in [3.8, 4) is 0 Å². The van der Waals surface area contributed by atoms with Gasteiger partial charge in [0, 0.05) is 13.0 Å². The van der Waals surface area contributed by atoms with Crippen molar-refractivity contribution in [2.24, 2.45) is 0 Å². The number of ether oxygens (including phenoxy) is 1. The molecule has 0 spiro atoms. The standard InChI is InChI=1S/C14H23NO2S/c1-3-17-14(16)7-5-4-6-8-15-9-13-11-18-10-12(13)2/h10-11,15H,3-9H2,1-2H3. The molecule has 0 saturated heterocycles. The van der Waals surface area contributed by atoms with Crippen molar-refractivity contribution in [1.82, 2.24) is 5.32 Å². The Bertz CT molecular complexity index is 349. The lowest BCUT2D eigenvalue weighted by molar-refractivity contribution is -0.143. The Balaban J connectivity index is 1.93. The van der Waals surface area contributed by atoms with Crippen molar-refractivity contribution < 1.29 is 9.53 Å². The topological polar surface area (TPSA) is 38.3 Å². The fourth-order valence-electron chi connectivity index (χ4n) is 1.72. The van der Waals surface area contributed by atoms with Gasteiger partial charge in [0.2, 0.25) is 0 Å². The van der Waals surface area contributed by atoms with Crippen LogP contribution in [0.25, 0.3) is 0 Å². The highest BCUT2D eigenvalue weighted by Gasteiger charge is 2.01. The summed E-state index contributed by atoms with van der Waals surface area (Å²) in [6.45, 7) is 6.44. The maximum Gasteiger partial charge on any atom is 0.305 e. The fourth-order valence-corrected chi connectivity index (χ4v) is 2.58. The number of unbranched alkanes of at least 4 members (excludes halogenated alkanes) is 2. The van der Waals surface area contributed by atoms with Crippen LogP contribution < -0.4 is 5.32 Å². The molecule has 4 heteroatoms. The van der Waals surface area contributed by atoms with Gasteiger partial charge < -0.3 is 10.1 Å². The molecule has 0 bridgehead atoms. The number of thiophene rings is 1. The lowest BCUT2D eigenvalue weighted by Gasteiger charge is -2.04. The van der Waals surface area contributed by atoms with Crippen LogP contribution in [-0.2, 0) is 16.1 Å². The Morgan fingerprint density at radius 3 is 2.83 bits per heavy atom. The predicted molar refractivity (Wildman–Crippen MR) is 75.9 cm³/mol. The van der Waals surface area contributed by atoms with E-state index in [0.29, 0.717) is 13.0 Å². The van der Waals surface area contributed by atoms with E-state index in [4.69, 9.17) is 4.74 Å². The summed E-state index contributed by atoms with van der Waals surface area (Å²) in [5, 5.41) is 7.81. The van der Waals surface area contributed by atoms with Crippen molar-refractivity contribution in [3.05, 3.63) is 21.9 Å². The summed E-state index contributed by atoms with van der Waals surface area (Å²) in [4.78, 5) is 11.1. The predicted octanol–water partition coefficient (Wildman–Crippen LogP) is 3.27. The number of aryl methyl sites for hydroxylation is 1. The third-order valence-electron chi connectivity index (χ3n) is 2.82. The van der Waals surface area contributed by atoms with Gasteiger partial charge in [0.15, 0.2) is 0 Å². The van der Waals surface area contributed by atoms with E-state index in [1.807, 2.05) is 6.92 Å². The van der Waals surface area contributed by atoms with Crippen LogP contribution in [0.15, 0.2) is 10.8 Å². The van der Waals surface area contributed by atoms with Crippen LogP contribution in [0, 0.1) is 6.92 Å². The van der Waals surface area contributed by atoms with Crippen molar-refractivity contribution in [1.29, 1.82) is 0 Å². The molecule has 3 nitrogen and oxygen atoms in total. The average Bonchev–Trinajstić information content (AvgIpc) is 2.74. The third kappa shape index (κ3) is 6.17. The van der Waals surface area contributed by atoms with Gasteiger partial charge in [-0.25, -0.2) is 0 Å². The van der Waals surface area contributed by atoms with Crippen molar-refractivity contribution in [2.75, 3.05) is 13.2 Å². The minimum atomic E-state index is -0.0700. The summed E-state index contributed by atoms with van der Waals surface area (Å²) >= 11 is 1.75. The number of nitrogens with one attached hydrogen (secondary N) is 1. The summed E-state index contributed by atoms with van der Waals surface area (Å²) in [5.41, 5.74) is 2.77. The maximum absolute atomic E-state index is 11.1. The molecule has 1 heterocycles. The van der Waals surface area contributed by atoms with Gasteiger partial charge in [-0.3, -0.25) is 4.79 Å². The Morgan fingerprint density at radius 2 is 2.17 bits per heavy atom. The van der Waals surface area contributed by atoms with Gasteiger partial charge in [-0.05, 0) is 55.1 Å². The molecule has 1 aromatic heterocycles. The van der Waals surface area contributed by atoms with Crippen LogP contribution in [0.1, 0.15) is 43.7 Å². The molecule has 18 heavy (non-hydrogen) atoms. The first-order valence-electron chi connectivity index (χ1n) is 6.62. The lowest BCUT2D eigenvalue weighted by atomic mass is 10.2. The average molecular weight is 269 g/mol. The third-order valence-corrected chi connectivity index (χ3v) is 3.73. The SMILES string of the molecule is CCOC(=O)CCCCCNCc1cscc1C. The minimum absolute atomic E-state index is 0.0700. The summed E-state index contributed by atoms with van der Waals surface area (Å²) in [6, 6.07) is 0. The van der Waals surface area contributed by atoms with Crippen LogP contribution in [0.3, 0.4) is 0 Å². The number of esters is 1. The number of carbonyl (C=O) groups excluding carboxylic acids is 1. The molecule has 0 aliphatic heterocycles. The smallest absolute Gasteiger partial charge is 0.305 e. The van der Waals surface area contributed by atoms with Crippen molar-refractivity contribution in [3.63, 3.8) is 0 Å². The second-order valence-electron chi connectivity index (χ2n) is 4.37. The van der Waals surface area contributed by atoms with Crippen LogP contribution in [-0.4, -0.2) is 19.1 Å². The van der Waals surface area contributed by atoms with E-state index in [0.717, 1.165) is 32.4 Å². The molecule has 0 radical (unpaired) electrons. The van der Waals surface area contributed by atoms with Gasteiger partial charge in [0.05, 0.1) is 6.61 Å². The van der Waals surface area contributed by atoms with Crippen molar-refractivity contribution in [2.45, 2.75) is 46.1 Å². The van der Waals surface area contributed by atoms with E-state index >= 15 is 0 Å². The van der Waals surface area contributed by atoms with Crippen molar-refractivity contribution >= 4 is 17.3 Å². The Morgan fingerprint density at radius 1 is 1.33 bits per heavy atom. The van der Waals surface area contributed by atoms with E-state index in [9.17, 15) is 4.79 Å². The van der Waals surface area contributed by atoms with E-state index < -0.39 is 0 Å². The van der Waals surface area contributed by atoms with Gasteiger partial charge in [-0.2, -0.15) is 11.3 Å². The van der Waals surface area contributed by atoms with Gasteiger partial charge in [0.1, 0.15) is 0 Å². The Labute approximate surface area is 114 Å². The zero-order valence-corrected chi connectivity index (χ0v) is 12.1. The van der Waals surface area contributed by atoms with Gasteiger partial charge in [0.25, 0.3) is 0 Å². The fraction of sp³-hybridized carbons (Fsp3) is 0.643. The molecule has 1 rings (SSSR count). The van der Waals surface area contributed by atoms with Crippen LogP contribution >= 0.6 is 11.3 Å². The zero-order chi connectivity index (χ0) is 13.2. The highest BCUT2D eigenvalue weighted by molar-refractivity contribution is 7.08. The maximum atomic E-state index is 11.1. The summed E-state index contributed by atoms with van der Waals surface area (Å²) in [6.07, 6.45) is 3.67. The first-order chi connectivity index (χ1) is 8.74. The molecule has 0 unspecified atom stereocenters. The Hall–Kier alpha value is -0.870. The van der Waals surface area contributed by atoms with E-state index in [2.05, 4.69) is 23.0 Å². The Kier molecular flexibility index (Phi) is 7.69.